The van der Waals surface area contributed by atoms with Gasteiger partial charge in [-0.1, -0.05) is 12.8 Å². The molecule has 0 bridgehead atoms. The Kier molecular flexibility index (Phi) is 4.24. The Bertz CT molecular complexity index is 332. The normalized spacial score (nSPS) is 18.9. The van der Waals surface area contributed by atoms with Crippen molar-refractivity contribution >= 4 is 11.8 Å². The molecule has 0 aromatic carbocycles. The van der Waals surface area contributed by atoms with E-state index in [-0.39, 0.29) is 6.04 Å². The van der Waals surface area contributed by atoms with Crippen LogP contribution in [0, 0.1) is 5.92 Å². The fourth-order valence-electron chi connectivity index (χ4n) is 2.17. The smallest absolute Gasteiger partial charge is 0.0963 e. The van der Waals surface area contributed by atoms with Gasteiger partial charge in [0, 0.05) is 18.0 Å². The summed E-state index contributed by atoms with van der Waals surface area (Å²) in [6, 6.07) is 4.24. The lowest BCUT2D eigenvalue weighted by Crippen LogP contribution is -2.05. The first kappa shape index (κ1) is 11.9. The summed E-state index contributed by atoms with van der Waals surface area (Å²) in [5, 5.41) is 1.13. The van der Waals surface area contributed by atoms with E-state index in [4.69, 9.17) is 5.73 Å². The average molecular weight is 236 g/mol. The highest BCUT2D eigenvalue weighted by Gasteiger charge is 2.15. The van der Waals surface area contributed by atoms with Crippen LogP contribution in [0.2, 0.25) is 0 Å². The summed E-state index contributed by atoms with van der Waals surface area (Å²) in [5.74, 6) is 2.13. The first-order chi connectivity index (χ1) is 7.75. The molecule has 3 heteroatoms. The van der Waals surface area contributed by atoms with E-state index in [1.807, 2.05) is 30.9 Å². The highest BCUT2D eigenvalue weighted by Crippen LogP contribution is 2.30. The molecule has 1 fully saturated rings. The molecule has 0 amide bonds. The van der Waals surface area contributed by atoms with Gasteiger partial charge >= 0.3 is 0 Å². The second-order valence-corrected chi connectivity index (χ2v) is 5.72. The zero-order chi connectivity index (χ0) is 11.4. The fraction of sp³-hybridized carbons (Fsp3) is 0.615. The molecule has 1 aliphatic carbocycles. The third kappa shape index (κ3) is 3.22. The molecule has 0 unspecified atom stereocenters. The average Bonchev–Trinajstić information content (AvgIpc) is 2.79. The molecular formula is C13H20N2S. The number of rotatable bonds is 4. The highest BCUT2D eigenvalue weighted by molar-refractivity contribution is 7.99. The molecule has 2 N–H and O–H groups in total. The predicted molar refractivity (Wildman–Crippen MR) is 69.5 cm³/mol. The topological polar surface area (TPSA) is 38.9 Å². The summed E-state index contributed by atoms with van der Waals surface area (Å²) < 4.78 is 0. The predicted octanol–water partition coefficient (Wildman–Crippen LogP) is 3.38. The van der Waals surface area contributed by atoms with E-state index in [0.717, 1.165) is 10.9 Å². The van der Waals surface area contributed by atoms with Crippen LogP contribution in [-0.4, -0.2) is 10.7 Å². The number of nitrogens with two attached hydrogens (primary N) is 1. The van der Waals surface area contributed by atoms with Gasteiger partial charge in [-0.05, 0) is 43.4 Å². The van der Waals surface area contributed by atoms with Crippen molar-refractivity contribution < 1.29 is 0 Å². The van der Waals surface area contributed by atoms with E-state index >= 15 is 0 Å². The van der Waals surface area contributed by atoms with Crippen molar-refractivity contribution in [3.63, 3.8) is 0 Å². The summed E-state index contributed by atoms with van der Waals surface area (Å²) in [5.41, 5.74) is 7.05. The zero-order valence-corrected chi connectivity index (χ0v) is 10.7. The number of nitrogens with zero attached hydrogens (tertiary/aromatic N) is 1. The molecule has 2 rings (SSSR count). The Morgan fingerprint density at radius 3 is 2.94 bits per heavy atom. The van der Waals surface area contributed by atoms with Crippen molar-refractivity contribution in [3.8, 4) is 0 Å². The Labute approximate surface area is 102 Å². The Morgan fingerprint density at radius 2 is 2.25 bits per heavy atom. The Balaban J connectivity index is 1.90. The molecule has 88 valence electrons. The van der Waals surface area contributed by atoms with Gasteiger partial charge in [0.25, 0.3) is 0 Å². The lowest BCUT2D eigenvalue weighted by molar-refractivity contribution is 0.623. The van der Waals surface area contributed by atoms with Crippen LogP contribution in [0.1, 0.15) is 44.2 Å². The van der Waals surface area contributed by atoms with E-state index in [1.54, 1.807) is 0 Å². The molecule has 1 aromatic heterocycles. The van der Waals surface area contributed by atoms with E-state index in [2.05, 4.69) is 11.1 Å². The lowest BCUT2D eigenvalue weighted by Gasteiger charge is -2.09. The van der Waals surface area contributed by atoms with E-state index < -0.39 is 0 Å². The number of hydrogen-bond donors (Lipinski definition) is 1. The highest BCUT2D eigenvalue weighted by atomic mass is 32.2. The molecule has 1 saturated carbocycles. The van der Waals surface area contributed by atoms with Crippen molar-refractivity contribution in [1.29, 1.82) is 0 Å². The maximum atomic E-state index is 5.86. The largest absolute Gasteiger partial charge is 0.324 e. The molecule has 0 spiro atoms. The third-order valence-electron chi connectivity index (χ3n) is 3.23. The van der Waals surface area contributed by atoms with Gasteiger partial charge in [0.15, 0.2) is 0 Å². The van der Waals surface area contributed by atoms with Gasteiger partial charge in [-0.15, -0.1) is 11.8 Å². The summed E-state index contributed by atoms with van der Waals surface area (Å²) in [6.07, 6.45) is 7.51. The molecular weight excluding hydrogens is 216 g/mol. The third-order valence-corrected chi connectivity index (χ3v) is 4.38. The Morgan fingerprint density at radius 1 is 1.50 bits per heavy atom. The maximum absolute atomic E-state index is 5.86. The quantitative estimate of drug-likeness (QED) is 0.814. The van der Waals surface area contributed by atoms with Crippen LogP contribution in [0.15, 0.2) is 23.4 Å². The van der Waals surface area contributed by atoms with Crippen LogP contribution in [0.3, 0.4) is 0 Å². The van der Waals surface area contributed by atoms with Crippen molar-refractivity contribution in [3.05, 3.63) is 23.9 Å². The number of pyridine rings is 1. The maximum Gasteiger partial charge on any atom is 0.0963 e. The molecule has 0 aliphatic heterocycles. The van der Waals surface area contributed by atoms with E-state index in [9.17, 15) is 0 Å². The summed E-state index contributed by atoms with van der Waals surface area (Å²) in [7, 11) is 0. The number of hydrogen-bond acceptors (Lipinski definition) is 3. The van der Waals surface area contributed by atoms with Gasteiger partial charge in [0.1, 0.15) is 0 Å². The molecule has 1 aliphatic rings. The second kappa shape index (κ2) is 5.69. The van der Waals surface area contributed by atoms with Crippen LogP contribution in [0.4, 0.5) is 0 Å². The number of aromatic nitrogens is 1. The van der Waals surface area contributed by atoms with E-state index in [0.29, 0.717) is 0 Å². The monoisotopic (exact) mass is 236 g/mol. The van der Waals surface area contributed by atoms with Crippen molar-refractivity contribution in [2.24, 2.45) is 11.7 Å². The van der Waals surface area contributed by atoms with Gasteiger partial charge in [-0.25, -0.2) is 4.98 Å². The minimum absolute atomic E-state index is 0.105. The minimum Gasteiger partial charge on any atom is -0.324 e. The van der Waals surface area contributed by atoms with Crippen molar-refractivity contribution in [2.75, 3.05) is 5.75 Å². The molecule has 0 saturated heterocycles. The van der Waals surface area contributed by atoms with Gasteiger partial charge in [-0.2, -0.15) is 0 Å². The second-order valence-electron chi connectivity index (χ2n) is 4.68. The minimum atomic E-state index is 0.105. The zero-order valence-electron chi connectivity index (χ0n) is 9.86. The van der Waals surface area contributed by atoms with Crippen molar-refractivity contribution in [2.45, 2.75) is 43.7 Å². The first-order valence-corrected chi connectivity index (χ1v) is 7.08. The fourth-order valence-corrected chi connectivity index (χ4v) is 3.26. The van der Waals surface area contributed by atoms with Gasteiger partial charge in [-0.3, -0.25) is 0 Å². The van der Waals surface area contributed by atoms with Gasteiger partial charge < -0.3 is 5.73 Å². The SMILES string of the molecule is C[C@@H](N)c1ccnc(SCC2CCCC2)c1. The summed E-state index contributed by atoms with van der Waals surface area (Å²) >= 11 is 1.88. The van der Waals surface area contributed by atoms with Crippen molar-refractivity contribution in [1.82, 2.24) is 4.98 Å². The standard InChI is InChI=1S/C13H20N2S/c1-10(14)12-6-7-15-13(8-12)16-9-11-4-2-3-5-11/h6-8,10-11H,2-5,9,14H2,1H3/t10-/m1/s1. The van der Waals surface area contributed by atoms with Gasteiger partial charge in [0.05, 0.1) is 5.03 Å². The van der Waals surface area contributed by atoms with Crippen LogP contribution in [0.5, 0.6) is 0 Å². The molecule has 0 radical (unpaired) electrons. The van der Waals surface area contributed by atoms with Crippen LogP contribution < -0.4 is 5.73 Å². The first-order valence-electron chi connectivity index (χ1n) is 6.10. The Hall–Kier alpha value is -0.540. The molecule has 2 nitrogen and oxygen atoms in total. The van der Waals surface area contributed by atoms with E-state index in [1.165, 1.54) is 37.0 Å². The van der Waals surface area contributed by atoms with Crippen LogP contribution >= 0.6 is 11.8 Å². The summed E-state index contributed by atoms with van der Waals surface area (Å²) in [4.78, 5) is 4.39. The molecule has 1 atom stereocenters. The number of thioether (sulfide) groups is 1. The van der Waals surface area contributed by atoms with Gasteiger partial charge in [0.2, 0.25) is 0 Å². The lowest BCUT2D eigenvalue weighted by atomic mass is 10.1. The van der Waals surface area contributed by atoms with Crippen LogP contribution in [0.25, 0.3) is 0 Å². The molecule has 16 heavy (non-hydrogen) atoms. The summed E-state index contributed by atoms with van der Waals surface area (Å²) in [6.45, 7) is 2.01. The molecule has 1 aromatic rings. The molecule has 1 heterocycles. The van der Waals surface area contributed by atoms with Crippen LogP contribution in [-0.2, 0) is 0 Å².